The summed E-state index contributed by atoms with van der Waals surface area (Å²) < 4.78 is 84.8. The Labute approximate surface area is 166 Å². The van der Waals surface area contributed by atoms with Crippen molar-refractivity contribution in [2.75, 3.05) is 5.32 Å². The number of aryl methyl sites for hydroxylation is 1. The molecule has 2 aromatic carbocycles. The standard InChI is InChI=1S/C20H12F6N2O2/c1-10-6-16(18(27-9-10)20(24,25)26)30-13-4-2-12(3-5-13)28-19(29)17-14(22)7-11(21)8-15(17)23/h2-9H,1H3,(H,28,29). The van der Waals surface area contributed by atoms with Gasteiger partial charge in [0.25, 0.3) is 5.91 Å². The van der Waals surface area contributed by atoms with E-state index in [4.69, 9.17) is 4.74 Å². The predicted octanol–water partition coefficient (Wildman–Crippen LogP) is 5.87. The molecule has 156 valence electrons. The van der Waals surface area contributed by atoms with E-state index >= 15 is 0 Å². The Morgan fingerprint density at radius 1 is 1.00 bits per heavy atom. The lowest BCUT2D eigenvalue weighted by Gasteiger charge is -2.14. The molecule has 1 aromatic heterocycles. The van der Waals surface area contributed by atoms with Crippen LogP contribution in [0.2, 0.25) is 0 Å². The summed E-state index contributed by atoms with van der Waals surface area (Å²) in [6.45, 7) is 1.55. The third kappa shape index (κ3) is 4.70. The van der Waals surface area contributed by atoms with Gasteiger partial charge in [0.2, 0.25) is 0 Å². The molecule has 0 saturated heterocycles. The number of nitrogens with one attached hydrogen (secondary N) is 1. The minimum Gasteiger partial charge on any atom is -0.455 e. The second-order valence-electron chi connectivity index (χ2n) is 6.18. The summed E-state index contributed by atoms with van der Waals surface area (Å²) in [4.78, 5) is 15.4. The van der Waals surface area contributed by atoms with Crippen molar-refractivity contribution in [3.8, 4) is 11.5 Å². The molecule has 0 aliphatic carbocycles. The first-order valence-corrected chi connectivity index (χ1v) is 8.32. The largest absolute Gasteiger partial charge is 0.455 e. The van der Waals surface area contributed by atoms with E-state index in [9.17, 15) is 31.1 Å². The summed E-state index contributed by atoms with van der Waals surface area (Å²) in [6, 6.07) is 6.90. The molecule has 10 heteroatoms. The summed E-state index contributed by atoms with van der Waals surface area (Å²) in [6.07, 6.45) is -3.66. The number of pyridine rings is 1. The highest BCUT2D eigenvalue weighted by molar-refractivity contribution is 6.04. The van der Waals surface area contributed by atoms with Gasteiger partial charge in [0.15, 0.2) is 11.4 Å². The molecule has 4 nitrogen and oxygen atoms in total. The zero-order valence-electron chi connectivity index (χ0n) is 15.2. The van der Waals surface area contributed by atoms with Crippen molar-refractivity contribution >= 4 is 11.6 Å². The number of hydrogen-bond donors (Lipinski definition) is 1. The molecule has 1 heterocycles. The average molecular weight is 426 g/mol. The molecule has 0 unspecified atom stereocenters. The van der Waals surface area contributed by atoms with Gasteiger partial charge in [-0.2, -0.15) is 13.2 Å². The highest BCUT2D eigenvalue weighted by Gasteiger charge is 2.36. The monoisotopic (exact) mass is 426 g/mol. The maximum Gasteiger partial charge on any atom is 0.437 e. The van der Waals surface area contributed by atoms with E-state index in [2.05, 4.69) is 10.3 Å². The van der Waals surface area contributed by atoms with Crippen LogP contribution in [0.1, 0.15) is 21.6 Å². The van der Waals surface area contributed by atoms with Crippen LogP contribution < -0.4 is 10.1 Å². The molecule has 3 aromatic rings. The van der Waals surface area contributed by atoms with Crippen LogP contribution in [0.25, 0.3) is 0 Å². The first-order valence-electron chi connectivity index (χ1n) is 8.32. The highest BCUT2D eigenvalue weighted by Crippen LogP contribution is 2.37. The SMILES string of the molecule is Cc1cnc(C(F)(F)F)c(Oc2ccc(NC(=O)c3c(F)cc(F)cc3F)cc2)c1. The number of halogens is 6. The van der Waals surface area contributed by atoms with Crippen LogP contribution >= 0.6 is 0 Å². The fourth-order valence-electron chi connectivity index (χ4n) is 2.52. The molecule has 0 atom stereocenters. The number of ether oxygens (including phenoxy) is 1. The molecule has 0 saturated carbocycles. The fraction of sp³-hybridized carbons (Fsp3) is 0.100. The summed E-state index contributed by atoms with van der Waals surface area (Å²) in [7, 11) is 0. The minimum atomic E-state index is -4.72. The quantitative estimate of drug-likeness (QED) is 0.531. The van der Waals surface area contributed by atoms with Crippen LogP contribution in [-0.2, 0) is 6.18 Å². The molecule has 3 rings (SSSR count). The Hall–Kier alpha value is -3.56. The third-order valence-corrected chi connectivity index (χ3v) is 3.83. The van der Waals surface area contributed by atoms with Gasteiger partial charge in [-0.1, -0.05) is 0 Å². The molecular weight excluding hydrogens is 414 g/mol. The van der Waals surface area contributed by atoms with E-state index in [1.54, 1.807) is 6.92 Å². The summed E-state index contributed by atoms with van der Waals surface area (Å²) >= 11 is 0. The number of hydrogen-bond acceptors (Lipinski definition) is 3. The lowest BCUT2D eigenvalue weighted by atomic mass is 10.1. The van der Waals surface area contributed by atoms with Gasteiger partial charge in [0.05, 0.1) is 0 Å². The normalized spacial score (nSPS) is 11.3. The van der Waals surface area contributed by atoms with E-state index in [1.807, 2.05) is 0 Å². The maximum absolute atomic E-state index is 13.7. The summed E-state index contributed by atoms with van der Waals surface area (Å²) in [5, 5.41) is 2.21. The second-order valence-corrected chi connectivity index (χ2v) is 6.18. The number of anilines is 1. The lowest BCUT2D eigenvalue weighted by molar-refractivity contribution is -0.142. The average Bonchev–Trinajstić information content (AvgIpc) is 2.61. The van der Waals surface area contributed by atoms with Crippen molar-refractivity contribution in [1.82, 2.24) is 4.98 Å². The number of nitrogens with zero attached hydrogens (tertiary/aromatic N) is 1. The van der Waals surface area contributed by atoms with Gasteiger partial charge in [0.1, 0.15) is 28.8 Å². The second kappa shape index (κ2) is 8.05. The van der Waals surface area contributed by atoms with Gasteiger partial charge < -0.3 is 10.1 Å². The maximum atomic E-state index is 13.7. The van der Waals surface area contributed by atoms with Crippen LogP contribution in [0.4, 0.5) is 32.0 Å². The number of carbonyl (C=O) groups excluding carboxylic acids is 1. The Balaban J connectivity index is 1.78. The molecule has 0 aliphatic rings. The first-order chi connectivity index (χ1) is 14.0. The van der Waals surface area contributed by atoms with E-state index in [-0.39, 0.29) is 11.4 Å². The summed E-state index contributed by atoms with van der Waals surface area (Å²) in [5.41, 5.74) is -1.65. The van der Waals surface area contributed by atoms with Gasteiger partial charge in [-0.15, -0.1) is 0 Å². The zero-order chi connectivity index (χ0) is 22.1. The molecular formula is C20H12F6N2O2. The van der Waals surface area contributed by atoms with Gasteiger partial charge in [-0.25, -0.2) is 18.2 Å². The zero-order valence-corrected chi connectivity index (χ0v) is 15.2. The predicted molar refractivity (Wildman–Crippen MR) is 94.8 cm³/mol. The van der Waals surface area contributed by atoms with E-state index < -0.39 is 46.5 Å². The minimum absolute atomic E-state index is 0.00467. The van der Waals surface area contributed by atoms with Crippen LogP contribution in [-0.4, -0.2) is 10.9 Å². The lowest BCUT2D eigenvalue weighted by Crippen LogP contribution is -2.16. The Morgan fingerprint density at radius 3 is 2.17 bits per heavy atom. The number of benzene rings is 2. The molecule has 0 fully saturated rings. The topological polar surface area (TPSA) is 51.2 Å². The Morgan fingerprint density at radius 2 is 1.60 bits per heavy atom. The van der Waals surface area contributed by atoms with E-state index in [1.165, 1.54) is 30.3 Å². The Kier molecular flexibility index (Phi) is 5.68. The molecule has 1 amide bonds. The highest BCUT2D eigenvalue weighted by atomic mass is 19.4. The molecule has 0 aliphatic heterocycles. The van der Waals surface area contributed by atoms with Crippen LogP contribution in [0.15, 0.2) is 48.7 Å². The number of aromatic nitrogens is 1. The smallest absolute Gasteiger partial charge is 0.437 e. The first kappa shape index (κ1) is 21.2. The number of alkyl halides is 3. The van der Waals surface area contributed by atoms with Gasteiger partial charge in [-0.05, 0) is 42.8 Å². The van der Waals surface area contributed by atoms with E-state index in [0.29, 0.717) is 17.7 Å². The summed E-state index contributed by atoms with van der Waals surface area (Å²) in [5.74, 6) is -5.60. The molecule has 0 bridgehead atoms. The third-order valence-electron chi connectivity index (χ3n) is 3.83. The van der Waals surface area contributed by atoms with Gasteiger partial charge in [0, 0.05) is 24.0 Å². The van der Waals surface area contributed by atoms with Gasteiger partial charge >= 0.3 is 6.18 Å². The van der Waals surface area contributed by atoms with Crippen LogP contribution in [0, 0.1) is 24.4 Å². The molecule has 1 N–H and O–H groups in total. The van der Waals surface area contributed by atoms with E-state index in [0.717, 1.165) is 6.20 Å². The van der Waals surface area contributed by atoms with Crippen LogP contribution in [0.3, 0.4) is 0 Å². The van der Waals surface area contributed by atoms with Crippen molar-refractivity contribution in [3.63, 3.8) is 0 Å². The number of rotatable bonds is 4. The van der Waals surface area contributed by atoms with Crippen molar-refractivity contribution in [3.05, 3.63) is 82.9 Å². The van der Waals surface area contributed by atoms with Gasteiger partial charge in [-0.3, -0.25) is 4.79 Å². The van der Waals surface area contributed by atoms with Crippen LogP contribution in [0.5, 0.6) is 11.5 Å². The van der Waals surface area contributed by atoms with Crippen molar-refractivity contribution in [2.45, 2.75) is 13.1 Å². The number of amides is 1. The Bertz CT molecular complexity index is 1070. The molecule has 0 spiro atoms. The van der Waals surface area contributed by atoms with Crippen molar-refractivity contribution in [2.24, 2.45) is 0 Å². The van der Waals surface area contributed by atoms with Crippen molar-refractivity contribution in [1.29, 1.82) is 0 Å². The number of carbonyl (C=O) groups is 1. The fourth-order valence-corrected chi connectivity index (χ4v) is 2.52. The molecule has 0 radical (unpaired) electrons. The van der Waals surface area contributed by atoms with Crippen molar-refractivity contribution < 1.29 is 35.9 Å². The molecule has 30 heavy (non-hydrogen) atoms.